The second-order valence-corrected chi connectivity index (χ2v) is 7.88. The van der Waals surface area contributed by atoms with Gasteiger partial charge in [-0.15, -0.1) is 0 Å². The first kappa shape index (κ1) is 21.0. The molecule has 2 aliphatic rings. The number of ether oxygens (including phenoxy) is 1. The van der Waals surface area contributed by atoms with Crippen LogP contribution < -0.4 is 5.32 Å². The van der Waals surface area contributed by atoms with E-state index in [4.69, 9.17) is 14.1 Å². The molecule has 0 unspecified atom stereocenters. The third-order valence-corrected chi connectivity index (χ3v) is 6.01. The number of aliphatic imine (C=N–C) groups is 1. The van der Waals surface area contributed by atoms with Crippen LogP contribution in [0.25, 0.3) is 0 Å². The summed E-state index contributed by atoms with van der Waals surface area (Å²) in [5.41, 5.74) is 2.93. The molecule has 31 heavy (non-hydrogen) atoms. The van der Waals surface area contributed by atoms with Gasteiger partial charge in [-0.3, -0.25) is 4.79 Å². The average molecular weight is 438 g/mol. The zero-order valence-electron chi connectivity index (χ0n) is 17.3. The summed E-state index contributed by atoms with van der Waals surface area (Å²) < 4.78 is 10.4. The van der Waals surface area contributed by atoms with Crippen molar-refractivity contribution in [2.45, 2.75) is 32.4 Å². The van der Waals surface area contributed by atoms with E-state index in [-0.39, 0.29) is 12.3 Å². The second kappa shape index (κ2) is 9.26. The molecule has 2 aromatic rings. The summed E-state index contributed by atoms with van der Waals surface area (Å²) in [7, 11) is 1.38. The Morgan fingerprint density at radius 1 is 1.23 bits per heavy atom. The molecule has 1 atom stereocenters. The van der Waals surface area contributed by atoms with Crippen molar-refractivity contribution in [2.75, 3.05) is 7.11 Å². The van der Waals surface area contributed by atoms with Crippen molar-refractivity contribution in [3.05, 3.63) is 82.4 Å². The number of esters is 1. The van der Waals surface area contributed by atoms with Gasteiger partial charge in [-0.05, 0) is 29.5 Å². The SMILES string of the molecule is CCC1=C(C(=O)OC)[C@@H](c2ccccc2)N2C(CC(=O)NCc3ccco3)=CSC2=N1. The summed E-state index contributed by atoms with van der Waals surface area (Å²) in [5.74, 6) is 0.141. The van der Waals surface area contributed by atoms with Gasteiger partial charge in [-0.2, -0.15) is 0 Å². The van der Waals surface area contributed by atoms with Gasteiger partial charge in [0.25, 0.3) is 0 Å². The number of carbonyl (C=O) groups is 2. The molecule has 0 radical (unpaired) electrons. The van der Waals surface area contributed by atoms with E-state index in [0.29, 0.717) is 30.0 Å². The molecule has 1 aromatic carbocycles. The normalized spacial score (nSPS) is 17.7. The van der Waals surface area contributed by atoms with Crippen LogP contribution in [0.1, 0.15) is 37.1 Å². The predicted octanol–water partition coefficient (Wildman–Crippen LogP) is 4.12. The lowest BCUT2D eigenvalue weighted by atomic mass is 9.93. The van der Waals surface area contributed by atoms with Crippen LogP contribution in [-0.2, 0) is 20.9 Å². The molecule has 0 saturated heterocycles. The van der Waals surface area contributed by atoms with Crippen LogP contribution in [0, 0.1) is 0 Å². The Labute approximate surface area is 184 Å². The van der Waals surface area contributed by atoms with Crippen molar-refractivity contribution in [1.29, 1.82) is 0 Å². The van der Waals surface area contributed by atoms with Crippen LogP contribution >= 0.6 is 11.8 Å². The number of rotatable bonds is 7. The number of furan rings is 1. The standard InChI is InChI=1S/C23H23N3O4S/c1-3-18-20(22(28)29-2)21(15-8-5-4-6-9-15)26-16(14-31-23(26)25-18)12-19(27)24-13-17-10-7-11-30-17/h4-11,14,21H,3,12-13H2,1-2H3,(H,24,27)/t21-/m1/s1. The summed E-state index contributed by atoms with van der Waals surface area (Å²) in [6, 6.07) is 12.9. The quantitative estimate of drug-likeness (QED) is 0.656. The molecule has 1 amide bonds. The van der Waals surface area contributed by atoms with E-state index in [9.17, 15) is 9.59 Å². The van der Waals surface area contributed by atoms with Crippen molar-refractivity contribution in [1.82, 2.24) is 10.2 Å². The van der Waals surface area contributed by atoms with Crippen molar-refractivity contribution < 1.29 is 18.7 Å². The molecular formula is C23H23N3O4S. The molecule has 4 rings (SSSR count). The van der Waals surface area contributed by atoms with Gasteiger partial charge in [0.05, 0.1) is 43.7 Å². The van der Waals surface area contributed by atoms with E-state index in [1.807, 2.05) is 53.6 Å². The zero-order chi connectivity index (χ0) is 21.8. The maximum absolute atomic E-state index is 12.8. The van der Waals surface area contributed by atoms with Crippen molar-refractivity contribution in [3.8, 4) is 0 Å². The van der Waals surface area contributed by atoms with Gasteiger partial charge in [0.2, 0.25) is 5.91 Å². The third kappa shape index (κ3) is 4.29. The number of nitrogens with zero attached hydrogens (tertiary/aromatic N) is 2. The number of benzene rings is 1. The van der Waals surface area contributed by atoms with E-state index in [1.165, 1.54) is 18.9 Å². The third-order valence-electron chi connectivity index (χ3n) is 5.13. The summed E-state index contributed by atoms with van der Waals surface area (Å²) in [4.78, 5) is 32.1. The van der Waals surface area contributed by atoms with Crippen LogP contribution in [0.15, 0.2) is 80.5 Å². The Bertz CT molecular complexity index is 1060. The molecule has 0 fully saturated rings. The van der Waals surface area contributed by atoms with E-state index >= 15 is 0 Å². The molecule has 160 valence electrons. The van der Waals surface area contributed by atoms with Gasteiger partial charge < -0.3 is 19.4 Å². The van der Waals surface area contributed by atoms with Gasteiger partial charge in [0.15, 0.2) is 5.17 Å². The Kier molecular flexibility index (Phi) is 6.27. The van der Waals surface area contributed by atoms with E-state index < -0.39 is 12.0 Å². The minimum absolute atomic E-state index is 0.138. The number of hydrogen-bond donors (Lipinski definition) is 1. The molecule has 0 aliphatic carbocycles. The van der Waals surface area contributed by atoms with Crippen LogP contribution in [-0.4, -0.2) is 29.1 Å². The first-order chi connectivity index (χ1) is 15.1. The minimum Gasteiger partial charge on any atom is -0.467 e. The Hall–Kier alpha value is -3.26. The molecule has 1 aromatic heterocycles. The number of allylic oxidation sites excluding steroid dienone is 1. The number of amidine groups is 1. The molecule has 0 bridgehead atoms. The Morgan fingerprint density at radius 2 is 2.03 bits per heavy atom. The van der Waals surface area contributed by atoms with Gasteiger partial charge in [-0.25, -0.2) is 9.79 Å². The maximum Gasteiger partial charge on any atom is 0.338 e. The number of carbonyl (C=O) groups excluding carboxylic acids is 2. The second-order valence-electron chi connectivity index (χ2n) is 7.04. The van der Waals surface area contributed by atoms with Crippen molar-refractivity contribution in [2.24, 2.45) is 4.99 Å². The smallest absolute Gasteiger partial charge is 0.338 e. The Balaban J connectivity index is 1.63. The first-order valence-corrected chi connectivity index (χ1v) is 10.9. The summed E-state index contributed by atoms with van der Waals surface area (Å²) in [5, 5.41) is 5.56. The highest BCUT2D eigenvalue weighted by atomic mass is 32.2. The van der Waals surface area contributed by atoms with Crippen LogP contribution in [0.5, 0.6) is 0 Å². The molecule has 0 saturated carbocycles. The number of thioether (sulfide) groups is 1. The molecule has 8 heteroatoms. The Morgan fingerprint density at radius 3 is 2.71 bits per heavy atom. The predicted molar refractivity (Wildman–Crippen MR) is 119 cm³/mol. The summed E-state index contributed by atoms with van der Waals surface area (Å²) >= 11 is 1.46. The summed E-state index contributed by atoms with van der Waals surface area (Å²) in [6.07, 6.45) is 2.33. The van der Waals surface area contributed by atoms with Crippen LogP contribution in [0.4, 0.5) is 0 Å². The topological polar surface area (TPSA) is 84.1 Å². The van der Waals surface area contributed by atoms with E-state index in [0.717, 1.165) is 16.4 Å². The monoisotopic (exact) mass is 437 g/mol. The highest BCUT2D eigenvalue weighted by Crippen LogP contribution is 2.45. The fourth-order valence-electron chi connectivity index (χ4n) is 3.69. The molecule has 2 aliphatic heterocycles. The van der Waals surface area contributed by atoms with Crippen LogP contribution in [0.2, 0.25) is 0 Å². The minimum atomic E-state index is -0.410. The first-order valence-electron chi connectivity index (χ1n) is 10.0. The number of methoxy groups -OCH3 is 1. The van der Waals surface area contributed by atoms with Crippen molar-refractivity contribution >= 4 is 28.8 Å². The lowest BCUT2D eigenvalue weighted by Gasteiger charge is -2.36. The molecular weight excluding hydrogens is 414 g/mol. The number of hydrogen-bond acceptors (Lipinski definition) is 7. The number of nitrogens with one attached hydrogen (secondary N) is 1. The van der Waals surface area contributed by atoms with Gasteiger partial charge in [0, 0.05) is 5.70 Å². The molecule has 1 N–H and O–H groups in total. The zero-order valence-corrected chi connectivity index (χ0v) is 18.1. The number of amides is 1. The lowest BCUT2D eigenvalue weighted by Crippen LogP contribution is -2.38. The highest BCUT2D eigenvalue weighted by Gasteiger charge is 2.41. The highest BCUT2D eigenvalue weighted by molar-refractivity contribution is 8.16. The van der Waals surface area contributed by atoms with Crippen molar-refractivity contribution in [3.63, 3.8) is 0 Å². The van der Waals surface area contributed by atoms with E-state index in [1.54, 1.807) is 12.3 Å². The molecule has 7 nitrogen and oxygen atoms in total. The number of fused-ring (bicyclic) bond motifs is 1. The fraction of sp³-hybridized carbons (Fsp3) is 0.261. The molecule has 0 spiro atoms. The molecule has 3 heterocycles. The average Bonchev–Trinajstić information content (AvgIpc) is 3.46. The fourth-order valence-corrected chi connectivity index (χ4v) is 4.63. The maximum atomic E-state index is 12.8. The van der Waals surface area contributed by atoms with Gasteiger partial charge in [-0.1, -0.05) is 49.0 Å². The van der Waals surface area contributed by atoms with Crippen LogP contribution in [0.3, 0.4) is 0 Å². The van der Waals surface area contributed by atoms with Gasteiger partial charge >= 0.3 is 5.97 Å². The van der Waals surface area contributed by atoms with Gasteiger partial charge in [0.1, 0.15) is 5.76 Å². The summed E-state index contributed by atoms with van der Waals surface area (Å²) in [6.45, 7) is 2.29. The van der Waals surface area contributed by atoms with E-state index in [2.05, 4.69) is 5.32 Å². The largest absolute Gasteiger partial charge is 0.467 e. The lowest BCUT2D eigenvalue weighted by molar-refractivity contribution is -0.136.